The molecule has 0 heterocycles. The summed E-state index contributed by atoms with van der Waals surface area (Å²) in [6.07, 6.45) is 0. The first kappa shape index (κ1) is 12.4. The van der Waals surface area contributed by atoms with Crippen LogP contribution in [0.2, 0.25) is 0 Å². The standard InChI is InChI=1S/C11H16FN3O/c1-7(14-8(2)11(13)15-16)9-5-3-4-6-10(9)12/h3-8,14,16H,1-2H3,(H2,13,15)/t7-,8?/m1/s1. The van der Waals surface area contributed by atoms with E-state index in [-0.39, 0.29) is 23.7 Å². The van der Waals surface area contributed by atoms with E-state index in [4.69, 9.17) is 10.9 Å². The monoisotopic (exact) mass is 225 g/mol. The van der Waals surface area contributed by atoms with Gasteiger partial charge in [-0.1, -0.05) is 23.4 Å². The first-order valence-electron chi connectivity index (χ1n) is 5.04. The third kappa shape index (κ3) is 2.93. The molecular weight excluding hydrogens is 209 g/mol. The smallest absolute Gasteiger partial charge is 0.156 e. The van der Waals surface area contributed by atoms with E-state index in [0.717, 1.165) is 0 Å². The molecule has 1 aromatic rings. The summed E-state index contributed by atoms with van der Waals surface area (Å²) in [5.41, 5.74) is 5.98. The van der Waals surface area contributed by atoms with Gasteiger partial charge < -0.3 is 16.3 Å². The van der Waals surface area contributed by atoms with Crippen molar-refractivity contribution in [3.63, 3.8) is 0 Å². The van der Waals surface area contributed by atoms with Crippen molar-refractivity contribution < 1.29 is 9.60 Å². The Bertz CT molecular complexity index is 381. The molecule has 4 N–H and O–H groups in total. The van der Waals surface area contributed by atoms with Crippen LogP contribution >= 0.6 is 0 Å². The minimum Gasteiger partial charge on any atom is -0.409 e. The van der Waals surface area contributed by atoms with Gasteiger partial charge in [0.05, 0.1) is 6.04 Å². The van der Waals surface area contributed by atoms with E-state index in [1.165, 1.54) is 6.07 Å². The molecule has 0 saturated heterocycles. The Labute approximate surface area is 94.0 Å². The minimum absolute atomic E-state index is 0.0724. The summed E-state index contributed by atoms with van der Waals surface area (Å²) in [7, 11) is 0. The molecule has 0 fully saturated rings. The lowest BCUT2D eigenvalue weighted by Crippen LogP contribution is -2.40. The molecule has 2 atom stereocenters. The van der Waals surface area contributed by atoms with E-state index in [9.17, 15) is 4.39 Å². The van der Waals surface area contributed by atoms with E-state index in [1.54, 1.807) is 25.1 Å². The lowest BCUT2D eigenvalue weighted by molar-refractivity contribution is 0.314. The van der Waals surface area contributed by atoms with Gasteiger partial charge in [-0.3, -0.25) is 0 Å². The Morgan fingerprint density at radius 1 is 1.44 bits per heavy atom. The molecular formula is C11H16FN3O. The molecule has 0 spiro atoms. The van der Waals surface area contributed by atoms with Crippen molar-refractivity contribution in [2.45, 2.75) is 25.9 Å². The van der Waals surface area contributed by atoms with E-state index in [2.05, 4.69) is 10.5 Å². The number of benzene rings is 1. The molecule has 0 aliphatic heterocycles. The second-order valence-electron chi connectivity index (χ2n) is 3.66. The molecule has 5 heteroatoms. The number of hydrogen-bond acceptors (Lipinski definition) is 3. The van der Waals surface area contributed by atoms with Gasteiger partial charge in [0, 0.05) is 11.6 Å². The van der Waals surface area contributed by atoms with E-state index in [0.29, 0.717) is 5.56 Å². The Balaban J connectivity index is 2.73. The predicted molar refractivity (Wildman–Crippen MR) is 60.8 cm³/mol. The maximum atomic E-state index is 13.4. The van der Waals surface area contributed by atoms with Gasteiger partial charge in [0.1, 0.15) is 5.82 Å². The highest BCUT2D eigenvalue weighted by Gasteiger charge is 2.14. The second-order valence-corrected chi connectivity index (χ2v) is 3.66. The highest BCUT2D eigenvalue weighted by molar-refractivity contribution is 5.84. The molecule has 0 aromatic heterocycles. The van der Waals surface area contributed by atoms with Gasteiger partial charge in [-0.05, 0) is 19.9 Å². The molecule has 0 amide bonds. The largest absolute Gasteiger partial charge is 0.409 e. The lowest BCUT2D eigenvalue weighted by atomic mass is 10.1. The Morgan fingerprint density at radius 3 is 2.62 bits per heavy atom. The van der Waals surface area contributed by atoms with Gasteiger partial charge in [-0.25, -0.2) is 4.39 Å². The molecule has 1 rings (SSSR count). The third-order valence-corrected chi connectivity index (χ3v) is 2.43. The maximum absolute atomic E-state index is 13.4. The highest BCUT2D eigenvalue weighted by atomic mass is 19.1. The summed E-state index contributed by atoms with van der Waals surface area (Å²) in [6.45, 7) is 3.56. The van der Waals surface area contributed by atoms with Crippen molar-refractivity contribution >= 4 is 5.84 Å². The van der Waals surface area contributed by atoms with Crippen LogP contribution in [0, 0.1) is 5.82 Å². The van der Waals surface area contributed by atoms with Crippen LogP contribution in [0.25, 0.3) is 0 Å². The Hall–Kier alpha value is -1.62. The van der Waals surface area contributed by atoms with E-state index in [1.807, 2.05) is 6.92 Å². The van der Waals surface area contributed by atoms with Crippen LogP contribution in [0.1, 0.15) is 25.5 Å². The average Bonchev–Trinajstić information content (AvgIpc) is 2.28. The number of halogens is 1. The number of nitrogens with zero attached hydrogens (tertiary/aromatic N) is 1. The van der Waals surface area contributed by atoms with Crippen LogP contribution in [0.15, 0.2) is 29.4 Å². The molecule has 1 unspecified atom stereocenters. The zero-order chi connectivity index (χ0) is 12.1. The van der Waals surface area contributed by atoms with E-state index < -0.39 is 0 Å². The Morgan fingerprint density at radius 2 is 2.06 bits per heavy atom. The molecule has 16 heavy (non-hydrogen) atoms. The molecule has 0 radical (unpaired) electrons. The van der Waals surface area contributed by atoms with Crippen molar-refractivity contribution in [2.75, 3.05) is 0 Å². The van der Waals surface area contributed by atoms with Crippen LogP contribution in [0.4, 0.5) is 4.39 Å². The highest BCUT2D eigenvalue weighted by Crippen LogP contribution is 2.16. The minimum atomic E-state index is -0.320. The zero-order valence-corrected chi connectivity index (χ0v) is 9.31. The van der Waals surface area contributed by atoms with Crippen LogP contribution in [-0.2, 0) is 0 Å². The number of rotatable bonds is 4. The van der Waals surface area contributed by atoms with Crippen LogP contribution in [0.3, 0.4) is 0 Å². The van der Waals surface area contributed by atoms with Crippen molar-refractivity contribution in [1.82, 2.24) is 5.32 Å². The first-order chi connectivity index (χ1) is 7.56. The topological polar surface area (TPSA) is 70.6 Å². The number of amidine groups is 1. The second kappa shape index (κ2) is 5.46. The summed E-state index contributed by atoms with van der Waals surface area (Å²) in [5, 5.41) is 14.4. The number of nitrogens with two attached hydrogens (primary N) is 1. The molecule has 88 valence electrons. The van der Waals surface area contributed by atoms with Crippen molar-refractivity contribution in [3.05, 3.63) is 35.6 Å². The van der Waals surface area contributed by atoms with Crippen LogP contribution < -0.4 is 11.1 Å². The summed E-state index contributed by atoms with van der Waals surface area (Å²) in [4.78, 5) is 0. The lowest BCUT2D eigenvalue weighted by Gasteiger charge is -2.19. The molecule has 0 aliphatic carbocycles. The van der Waals surface area contributed by atoms with Gasteiger partial charge in [0.2, 0.25) is 0 Å². The molecule has 4 nitrogen and oxygen atoms in total. The molecule has 0 aliphatic rings. The van der Waals surface area contributed by atoms with Crippen molar-refractivity contribution in [2.24, 2.45) is 10.9 Å². The average molecular weight is 225 g/mol. The summed E-state index contributed by atoms with van der Waals surface area (Å²) in [5.74, 6) is -0.197. The van der Waals surface area contributed by atoms with Crippen LogP contribution in [-0.4, -0.2) is 17.1 Å². The van der Waals surface area contributed by atoms with Gasteiger partial charge in [0.15, 0.2) is 5.84 Å². The fourth-order valence-corrected chi connectivity index (χ4v) is 1.46. The van der Waals surface area contributed by atoms with Gasteiger partial charge >= 0.3 is 0 Å². The Kier molecular flexibility index (Phi) is 4.25. The molecule has 0 saturated carbocycles. The summed E-state index contributed by atoms with van der Waals surface area (Å²) in [6, 6.07) is 5.98. The summed E-state index contributed by atoms with van der Waals surface area (Å²) >= 11 is 0. The summed E-state index contributed by atoms with van der Waals surface area (Å²) < 4.78 is 13.4. The first-order valence-corrected chi connectivity index (χ1v) is 5.04. The number of nitrogens with one attached hydrogen (secondary N) is 1. The quantitative estimate of drug-likeness (QED) is 0.315. The zero-order valence-electron chi connectivity index (χ0n) is 9.31. The van der Waals surface area contributed by atoms with E-state index >= 15 is 0 Å². The number of hydrogen-bond donors (Lipinski definition) is 3. The number of oxime groups is 1. The maximum Gasteiger partial charge on any atom is 0.156 e. The predicted octanol–water partition coefficient (Wildman–Crippen LogP) is 1.61. The normalized spacial score (nSPS) is 15.8. The van der Waals surface area contributed by atoms with Gasteiger partial charge in [-0.2, -0.15) is 0 Å². The van der Waals surface area contributed by atoms with Crippen LogP contribution in [0.5, 0.6) is 0 Å². The van der Waals surface area contributed by atoms with Gasteiger partial charge in [-0.15, -0.1) is 0 Å². The van der Waals surface area contributed by atoms with Gasteiger partial charge in [0.25, 0.3) is 0 Å². The SMILES string of the molecule is CC(N[C@H](C)c1ccccc1F)/C(N)=N/O. The van der Waals surface area contributed by atoms with Crippen molar-refractivity contribution in [3.8, 4) is 0 Å². The fraction of sp³-hybridized carbons (Fsp3) is 0.364. The molecule has 0 bridgehead atoms. The fourth-order valence-electron chi connectivity index (χ4n) is 1.46. The molecule has 1 aromatic carbocycles. The van der Waals surface area contributed by atoms with Crippen molar-refractivity contribution in [1.29, 1.82) is 0 Å². The third-order valence-electron chi connectivity index (χ3n) is 2.43.